The highest BCUT2D eigenvalue weighted by Crippen LogP contribution is 2.23. The molecule has 4 nitrogen and oxygen atoms in total. The summed E-state index contributed by atoms with van der Waals surface area (Å²) >= 11 is 3.41. The Balaban J connectivity index is 1.57. The average molecular weight is 341 g/mol. The second-order valence-corrected chi connectivity index (χ2v) is 5.88. The molecule has 1 saturated heterocycles. The maximum absolute atomic E-state index is 11.7. The second-order valence-electron chi connectivity index (χ2n) is 5.03. The highest BCUT2D eigenvalue weighted by Gasteiger charge is 2.14. The van der Waals surface area contributed by atoms with Gasteiger partial charge in [-0.1, -0.05) is 12.1 Å². The molecule has 2 N–H and O–H groups in total. The van der Waals surface area contributed by atoms with Crippen molar-refractivity contribution in [2.45, 2.75) is 19.3 Å². The van der Waals surface area contributed by atoms with Crippen LogP contribution in [0.3, 0.4) is 0 Å². The highest BCUT2D eigenvalue weighted by molar-refractivity contribution is 9.10. The summed E-state index contributed by atoms with van der Waals surface area (Å²) in [6, 6.07) is 7.65. The van der Waals surface area contributed by atoms with Gasteiger partial charge in [-0.2, -0.15) is 0 Å². The van der Waals surface area contributed by atoms with E-state index >= 15 is 0 Å². The zero-order valence-electron chi connectivity index (χ0n) is 11.5. The minimum Gasteiger partial charge on any atom is -0.492 e. The molecule has 0 radical (unpaired) electrons. The normalized spacial score (nSPS) is 17.9. The Morgan fingerprint density at radius 2 is 2.30 bits per heavy atom. The summed E-state index contributed by atoms with van der Waals surface area (Å²) in [7, 11) is 0. The third-order valence-corrected chi connectivity index (χ3v) is 4.12. The molecule has 1 aromatic carbocycles. The van der Waals surface area contributed by atoms with Gasteiger partial charge in [0.05, 0.1) is 17.5 Å². The van der Waals surface area contributed by atoms with Crippen molar-refractivity contribution in [1.29, 1.82) is 0 Å². The lowest BCUT2D eigenvalue weighted by atomic mass is 10.1. The van der Waals surface area contributed by atoms with E-state index in [1.165, 1.54) is 6.42 Å². The van der Waals surface area contributed by atoms with Gasteiger partial charge < -0.3 is 15.4 Å². The van der Waals surface area contributed by atoms with Crippen LogP contribution in [0, 0.1) is 5.92 Å². The fourth-order valence-electron chi connectivity index (χ4n) is 2.28. The molecule has 0 bridgehead atoms. The Hall–Kier alpha value is -1.07. The number of ether oxygens (including phenoxy) is 1. The Bertz CT molecular complexity index is 434. The number of para-hydroxylation sites is 1. The Kier molecular flexibility index (Phi) is 6.33. The summed E-state index contributed by atoms with van der Waals surface area (Å²) in [4.78, 5) is 11.7. The van der Waals surface area contributed by atoms with Gasteiger partial charge in [-0.15, -0.1) is 0 Å². The standard InChI is InChI=1S/C15H21BrN2O2/c16-13-3-1-2-4-14(13)20-10-7-15(19)18-9-6-12-5-8-17-11-12/h1-4,12,17H,5-11H2,(H,18,19). The van der Waals surface area contributed by atoms with Gasteiger partial charge in [0.15, 0.2) is 0 Å². The SMILES string of the molecule is O=C(CCOc1ccccc1Br)NCCC1CCNC1. The minimum absolute atomic E-state index is 0.0583. The van der Waals surface area contributed by atoms with Crippen molar-refractivity contribution in [1.82, 2.24) is 10.6 Å². The molecule has 1 aliphatic heterocycles. The van der Waals surface area contributed by atoms with Crippen LogP contribution in [0.25, 0.3) is 0 Å². The van der Waals surface area contributed by atoms with E-state index in [0.29, 0.717) is 18.9 Å². The molecule has 0 aromatic heterocycles. The van der Waals surface area contributed by atoms with E-state index in [4.69, 9.17) is 4.74 Å². The molecule has 110 valence electrons. The van der Waals surface area contributed by atoms with Gasteiger partial charge >= 0.3 is 0 Å². The molecule has 1 unspecified atom stereocenters. The third-order valence-electron chi connectivity index (χ3n) is 3.46. The van der Waals surface area contributed by atoms with E-state index in [9.17, 15) is 4.79 Å². The first-order valence-corrected chi connectivity index (χ1v) is 7.90. The molecule has 20 heavy (non-hydrogen) atoms. The molecule has 1 fully saturated rings. The lowest BCUT2D eigenvalue weighted by Gasteiger charge is -2.10. The smallest absolute Gasteiger partial charge is 0.223 e. The molecule has 1 aromatic rings. The maximum Gasteiger partial charge on any atom is 0.223 e. The summed E-state index contributed by atoms with van der Waals surface area (Å²) in [5.74, 6) is 1.55. The number of benzene rings is 1. The highest BCUT2D eigenvalue weighted by atomic mass is 79.9. The number of halogens is 1. The van der Waals surface area contributed by atoms with Gasteiger partial charge in [-0.05, 0) is 59.9 Å². The first kappa shape index (κ1) is 15.3. The molecule has 1 aliphatic rings. The Morgan fingerprint density at radius 3 is 3.05 bits per heavy atom. The van der Waals surface area contributed by atoms with Crippen LogP contribution in [0.5, 0.6) is 5.75 Å². The topological polar surface area (TPSA) is 50.4 Å². The van der Waals surface area contributed by atoms with Crippen LogP contribution in [0.1, 0.15) is 19.3 Å². The van der Waals surface area contributed by atoms with Crippen LogP contribution in [0.15, 0.2) is 28.7 Å². The van der Waals surface area contributed by atoms with Crippen molar-refractivity contribution in [3.63, 3.8) is 0 Å². The lowest BCUT2D eigenvalue weighted by Crippen LogP contribution is -2.27. The summed E-state index contributed by atoms with van der Waals surface area (Å²) in [5, 5.41) is 6.28. The summed E-state index contributed by atoms with van der Waals surface area (Å²) in [6.07, 6.45) is 2.68. The molecular weight excluding hydrogens is 320 g/mol. The summed E-state index contributed by atoms with van der Waals surface area (Å²) in [5.41, 5.74) is 0. The molecule has 0 saturated carbocycles. The number of nitrogens with one attached hydrogen (secondary N) is 2. The molecule has 1 amide bonds. The first-order valence-electron chi connectivity index (χ1n) is 7.10. The fraction of sp³-hybridized carbons (Fsp3) is 0.533. The fourth-order valence-corrected chi connectivity index (χ4v) is 2.68. The average Bonchev–Trinajstić information content (AvgIpc) is 2.94. The van der Waals surface area contributed by atoms with Gasteiger partial charge in [-0.3, -0.25) is 4.79 Å². The van der Waals surface area contributed by atoms with E-state index < -0.39 is 0 Å². The predicted octanol–water partition coefficient (Wildman–Crippen LogP) is 2.33. The monoisotopic (exact) mass is 340 g/mol. The maximum atomic E-state index is 11.7. The summed E-state index contributed by atoms with van der Waals surface area (Å²) < 4.78 is 6.48. The number of carbonyl (C=O) groups excluding carboxylic acids is 1. The molecular formula is C15H21BrN2O2. The van der Waals surface area contributed by atoms with Crippen LogP contribution >= 0.6 is 15.9 Å². The Morgan fingerprint density at radius 1 is 1.45 bits per heavy atom. The number of rotatable bonds is 7. The second kappa shape index (κ2) is 8.27. The van der Waals surface area contributed by atoms with E-state index in [0.717, 1.165) is 36.3 Å². The van der Waals surface area contributed by atoms with E-state index in [2.05, 4.69) is 26.6 Å². The van der Waals surface area contributed by atoms with Gasteiger partial charge in [0.25, 0.3) is 0 Å². The zero-order valence-corrected chi connectivity index (χ0v) is 13.1. The molecule has 0 spiro atoms. The van der Waals surface area contributed by atoms with Crippen molar-refractivity contribution >= 4 is 21.8 Å². The van der Waals surface area contributed by atoms with Crippen LogP contribution in [0.2, 0.25) is 0 Å². The van der Waals surface area contributed by atoms with Crippen molar-refractivity contribution in [3.05, 3.63) is 28.7 Å². The number of hydrogen-bond acceptors (Lipinski definition) is 3. The molecule has 1 atom stereocenters. The number of hydrogen-bond donors (Lipinski definition) is 2. The molecule has 5 heteroatoms. The number of carbonyl (C=O) groups is 1. The van der Waals surface area contributed by atoms with Gasteiger partial charge in [0.1, 0.15) is 5.75 Å². The Labute approximate surface area is 128 Å². The van der Waals surface area contributed by atoms with Crippen LogP contribution in [-0.2, 0) is 4.79 Å². The van der Waals surface area contributed by atoms with Crippen LogP contribution in [-0.4, -0.2) is 32.1 Å². The van der Waals surface area contributed by atoms with E-state index in [1.54, 1.807) is 0 Å². The van der Waals surface area contributed by atoms with Crippen LogP contribution in [0.4, 0.5) is 0 Å². The van der Waals surface area contributed by atoms with Crippen molar-refractivity contribution in [2.24, 2.45) is 5.92 Å². The lowest BCUT2D eigenvalue weighted by molar-refractivity contribution is -0.121. The van der Waals surface area contributed by atoms with Crippen molar-refractivity contribution in [2.75, 3.05) is 26.2 Å². The first-order chi connectivity index (χ1) is 9.75. The van der Waals surface area contributed by atoms with E-state index in [1.807, 2.05) is 24.3 Å². The predicted molar refractivity (Wildman–Crippen MR) is 82.9 cm³/mol. The quantitative estimate of drug-likeness (QED) is 0.800. The molecule has 1 heterocycles. The van der Waals surface area contributed by atoms with Crippen molar-refractivity contribution < 1.29 is 9.53 Å². The third kappa shape index (κ3) is 5.13. The molecule has 2 rings (SSSR count). The van der Waals surface area contributed by atoms with Gasteiger partial charge in [-0.25, -0.2) is 0 Å². The van der Waals surface area contributed by atoms with E-state index in [-0.39, 0.29) is 5.91 Å². The number of amides is 1. The van der Waals surface area contributed by atoms with Gasteiger partial charge in [0.2, 0.25) is 5.91 Å². The largest absolute Gasteiger partial charge is 0.492 e. The van der Waals surface area contributed by atoms with Crippen molar-refractivity contribution in [3.8, 4) is 5.75 Å². The zero-order chi connectivity index (χ0) is 14.2. The van der Waals surface area contributed by atoms with Crippen LogP contribution < -0.4 is 15.4 Å². The summed E-state index contributed by atoms with van der Waals surface area (Å²) in [6.45, 7) is 3.36. The minimum atomic E-state index is 0.0583. The van der Waals surface area contributed by atoms with Gasteiger partial charge in [0, 0.05) is 6.54 Å². The molecule has 0 aliphatic carbocycles.